The van der Waals surface area contributed by atoms with Gasteiger partial charge in [0.2, 0.25) is 0 Å². The van der Waals surface area contributed by atoms with Crippen molar-refractivity contribution in [3.8, 4) is 0 Å². The molecule has 1 atom stereocenters. The van der Waals surface area contributed by atoms with Gasteiger partial charge < -0.3 is 5.32 Å². The van der Waals surface area contributed by atoms with Gasteiger partial charge in [-0.15, -0.1) is 0 Å². The fourth-order valence-corrected chi connectivity index (χ4v) is 1.39. The smallest absolute Gasteiger partial charge is 0.251 e. The summed E-state index contributed by atoms with van der Waals surface area (Å²) in [6, 6.07) is -0.109. The zero-order chi connectivity index (χ0) is 9.68. The summed E-state index contributed by atoms with van der Waals surface area (Å²) in [5.41, 5.74) is 2.90. The van der Waals surface area contributed by atoms with Crippen LogP contribution in [0.2, 0.25) is 0 Å². The van der Waals surface area contributed by atoms with Gasteiger partial charge in [0.1, 0.15) is 0 Å². The molecular formula is C9H19N3O. The summed E-state index contributed by atoms with van der Waals surface area (Å²) in [6.45, 7) is 3.84. The van der Waals surface area contributed by atoms with Gasteiger partial charge in [0.15, 0.2) is 0 Å². The number of piperidine rings is 1. The van der Waals surface area contributed by atoms with Crippen LogP contribution in [0.3, 0.4) is 0 Å². The molecule has 4 heteroatoms. The van der Waals surface area contributed by atoms with E-state index in [-0.39, 0.29) is 11.9 Å². The summed E-state index contributed by atoms with van der Waals surface area (Å²) in [5.74, 6) is 0.0596. The first-order chi connectivity index (χ1) is 6.24. The van der Waals surface area contributed by atoms with Gasteiger partial charge >= 0.3 is 0 Å². The SMILES string of the molecule is CNC(C)C(=O)NN1CCCCC1. The Morgan fingerprint density at radius 1 is 1.31 bits per heavy atom. The van der Waals surface area contributed by atoms with Crippen molar-refractivity contribution in [3.05, 3.63) is 0 Å². The largest absolute Gasteiger partial charge is 0.309 e. The second-order valence-corrected chi connectivity index (χ2v) is 3.53. The van der Waals surface area contributed by atoms with E-state index in [1.807, 2.05) is 11.9 Å². The number of hydrazine groups is 1. The molecule has 0 radical (unpaired) electrons. The standard InChI is InChI=1S/C9H19N3O/c1-8(10-2)9(13)11-12-6-4-3-5-7-12/h8,10H,3-7H2,1-2H3,(H,11,13). The summed E-state index contributed by atoms with van der Waals surface area (Å²) >= 11 is 0. The summed E-state index contributed by atoms with van der Waals surface area (Å²) in [7, 11) is 1.79. The van der Waals surface area contributed by atoms with Crippen LogP contribution in [-0.4, -0.2) is 37.1 Å². The predicted octanol–water partition coefficient (Wildman–Crippen LogP) is 0.111. The Hall–Kier alpha value is -0.610. The molecule has 1 aliphatic heterocycles. The number of amides is 1. The van der Waals surface area contributed by atoms with Crippen LogP contribution in [0.4, 0.5) is 0 Å². The first-order valence-corrected chi connectivity index (χ1v) is 4.96. The molecule has 1 amide bonds. The van der Waals surface area contributed by atoms with Crippen molar-refractivity contribution >= 4 is 5.91 Å². The highest BCUT2D eigenvalue weighted by molar-refractivity contribution is 5.80. The van der Waals surface area contributed by atoms with Gasteiger partial charge in [-0.1, -0.05) is 6.42 Å². The summed E-state index contributed by atoms with van der Waals surface area (Å²) in [6.07, 6.45) is 3.66. The number of rotatable bonds is 3. The van der Waals surface area contributed by atoms with E-state index < -0.39 is 0 Å². The number of carbonyl (C=O) groups excluding carboxylic acids is 1. The number of nitrogens with one attached hydrogen (secondary N) is 2. The Balaban J connectivity index is 2.26. The Morgan fingerprint density at radius 3 is 2.46 bits per heavy atom. The number of hydrogen-bond donors (Lipinski definition) is 2. The van der Waals surface area contributed by atoms with Crippen molar-refractivity contribution in [1.29, 1.82) is 0 Å². The number of hydrogen-bond acceptors (Lipinski definition) is 3. The first-order valence-electron chi connectivity index (χ1n) is 4.96. The van der Waals surface area contributed by atoms with Crippen molar-refractivity contribution in [2.24, 2.45) is 0 Å². The van der Waals surface area contributed by atoms with E-state index in [1.54, 1.807) is 7.05 Å². The Bertz CT molecular complexity index is 166. The van der Waals surface area contributed by atoms with Crippen molar-refractivity contribution in [3.63, 3.8) is 0 Å². The van der Waals surface area contributed by atoms with Crippen LogP contribution in [0, 0.1) is 0 Å². The third kappa shape index (κ3) is 3.32. The maximum Gasteiger partial charge on any atom is 0.251 e. The van der Waals surface area contributed by atoms with E-state index in [1.165, 1.54) is 19.3 Å². The normalized spacial score (nSPS) is 21.1. The molecule has 1 rings (SSSR count). The van der Waals surface area contributed by atoms with Crippen LogP contribution < -0.4 is 10.7 Å². The fraction of sp³-hybridized carbons (Fsp3) is 0.889. The van der Waals surface area contributed by atoms with Gasteiger partial charge in [0.25, 0.3) is 5.91 Å². The zero-order valence-corrected chi connectivity index (χ0v) is 8.47. The zero-order valence-electron chi connectivity index (χ0n) is 8.47. The average molecular weight is 185 g/mol. The molecule has 0 aliphatic carbocycles. The highest BCUT2D eigenvalue weighted by Crippen LogP contribution is 2.05. The van der Waals surface area contributed by atoms with Crippen molar-refractivity contribution in [2.45, 2.75) is 32.2 Å². The molecule has 1 unspecified atom stereocenters. The molecule has 1 fully saturated rings. The molecule has 13 heavy (non-hydrogen) atoms. The quantitative estimate of drug-likeness (QED) is 0.656. The monoisotopic (exact) mass is 185 g/mol. The molecule has 0 bridgehead atoms. The van der Waals surface area contributed by atoms with Crippen LogP contribution in [0.25, 0.3) is 0 Å². The Morgan fingerprint density at radius 2 is 1.92 bits per heavy atom. The summed E-state index contributed by atoms with van der Waals surface area (Å²) in [4.78, 5) is 11.4. The maximum atomic E-state index is 11.4. The van der Waals surface area contributed by atoms with Crippen LogP contribution in [0.5, 0.6) is 0 Å². The van der Waals surface area contributed by atoms with Crippen LogP contribution >= 0.6 is 0 Å². The van der Waals surface area contributed by atoms with Crippen molar-refractivity contribution in [2.75, 3.05) is 20.1 Å². The van der Waals surface area contributed by atoms with E-state index >= 15 is 0 Å². The van der Waals surface area contributed by atoms with E-state index in [2.05, 4.69) is 10.7 Å². The Labute approximate surface area is 79.6 Å². The topological polar surface area (TPSA) is 44.4 Å². The molecule has 0 saturated carbocycles. The third-order valence-electron chi connectivity index (χ3n) is 2.45. The lowest BCUT2D eigenvalue weighted by molar-refractivity contribution is -0.127. The molecule has 0 spiro atoms. The van der Waals surface area contributed by atoms with Gasteiger partial charge in [0.05, 0.1) is 6.04 Å². The molecular weight excluding hydrogens is 166 g/mol. The molecule has 1 aliphatic rings. The molecule has 76 valence electrons. The number of carbonyl (C=O) groups is 1. The first kappa shape index (κ1) is 10.5. The highest BCUT2D eigenvalue weighted by atomic mass is 16.2. The lowest BCUT2D eigenvalue weighted by atomic mass is 10.2. The summed E-state index contributed by atoms with van der Waals surface area (Å²) in [5, 5.41) is 4.93. The van der Waals surface area contributed by atoms with Crippen LogP contribution in [0.15, 0.2) is 0 Å². The minimum absolute atomic E-state index is 0.0596. The van der Waals surface area contributed by atoms with Gasteiger partial charge in [-0.2, -0.15) is 0 Å². The lowest BCUT2D eigenvalue weighted by Crippen LogP contribution is -2.50. The van der Waals surface area contributed by atoms with Gasteiger partial charge in [-0.25, -0.2) is 5.01 Å². The Kier molecular flexibility index (Phi) is 4.18. The fourth-order valence-electron chi connectivity index (χ4n) is 1.39. The van der Waals surface area contributed by atoms with Crippen molar-refractivity contribution in [1.82, 2.24) is 15.8 Å². The molecule has 1 saturated heterocycles. The second-order valence-electron chi connectivity index (χ2n) is 3.53. The van der Waals surface area contributed by atoms with E-state index in [4.69, 9.17) is 0 Å². The molecule has 0 aromatic heterocycles. The predicted molar refractivity (Wildman–Crippen MR) is 52.1 cm³/mol. The molecule has 0 aromatic rings. The van der Waals surface area contributed by atoms with Crippen LogP contribution in [-0.2, 0) is 4.79 Å². The minimum atomic E-state index is -0.109. The van der Waals surface area contributed by atoms with Crippen LogP contribution in [0.1, 0.15) is 26.2 Å². The maximum absolute atomic E-state index is 11.4. The van der Waals surface area contributed by atoms with Gasteiger partial charge in [0, 0.05) is 13.1 Å². The second kappa shape index (κ2) is 5.19. The number of nitrogens with zero attached hydrogens (tertiary/aromatic N) is 1. The van der Waals surface area contributed by atoms with E-state index in [0.29, 0.717) is 0 Å². The van der Waals surface area contributed by atoms with Crippen molar-refractivity contribution < 1.29 is 4.79 Å². The van der Waals surface area contributed by atoms with E-state index in [0.717, 1.165) is 13.1 Å². The molecule has 1 heterocycles. The average Bonchev–Trinajstić information content (AvgIpc) is 2.18. The molecule has 4 nitrogen and oxygen atoms in total. The number of likely N-dealkylation sites (N-methyl/N-ethyl adjacent to an activating group) is 1. The van der Waals surface area contributed by atoms with Gasteiger partial charge in [-0.3, -0.25) is 10.2 Å². The molecule has 2 N–H and O–H groups in total. The lowest BCUT2D eigenvalue weighted by Gasteiger charge is -2.27. The highest BCUT2D eigenvalue weighted by Gasteiger charge is 2.15. The molecule has 0 aromatic carbocycles. The third-order valence-corrected chi connectivity index (χ3v) is 2.45. The van der Waals surface area contributed by atoms with Gasteiger partial charge in [-0.05, 0) is 26.8 Å². The summed E-state index contributed by atoms with van der Waals surface area (Å²) < 4.78 is 0. The van der Waals surface area contributed by atoms with E-state index in [9.17, 15) is 4.79 Å². The minimum Gasteiger partial charge on any atom is -0.309 e.